The van der Waals surface area contributed by atoms with Gasteiger partial charge in [-0.15, -0.1) is 0 Å². The molecule has 0 fully saturated rings. The maximum Gasteiger partial charge on any atom is 0.336 e. The number of halogens is 2. The van der Waals surface area contributed by atoms with Gasteiger partial charge in [0.25, 0.3) is 0 Å². The fourth-order valence-corrected chi connectivity index (χ4v) is 5.50. The Morgan fingerprint density at radius 2 is 1.79 bits per heavy atom. The monoisotopic (exact) mass is 577 g/mol. The molecule has 0 aromatic heterocycles. The third kappa shape index (κ3) is 4.49. The van der Waals surface area contributed by atoms with Crippen LogP contribution in [0.2, 0.25) is 0 Å². The highest BCUT2D eigenvalue weighted by Crippen LogP contribution is 2.49. The van der Waals surface area contributed by atoms with Gasteiger partial charge in [0, 0.05) is 28.3 Å². The average molecular weight is 578 g/mol. The normalized spacial score (nSPS) is 16.1. The van der Waals surface area contributed by atoms with E-state index in [1.807, 2.05) is 24.3 Å². The number of dihydropyridines is 1. The van der Waals surface area contributed by atoms with Crippen LogP contribution in [0.25, 0.3) is 5.70 Å². The van der Waals surface area contributed by atoms with Gasteiger partial charge in [0.15, 0.2) is 17.3 Å². The van der Waals surface area contributed by atoms with Crippen molar-refractivity contribution in [3.63, 3.8) is 0 Å². The van der Waals surface area contributed by atoms with Crippen molar-refractivity contribution < 1.29 is 28.2 Å². The third-order valence-corrected chi connectivity index (χ3v) is 7.21. The summed E-state index contributed by atoms with van der Waals surface area (Å²) in [5.74, 6) is -0.791. The molecule has 0 unspecified atom stereocenters. The first-order valence-corrected chi connectivity index (χ1v) is 12.9. The molecule has 0 bridgehead atoms. The van der Waals surface area contributed by atoms with Gasteiger partial charge in [0.1, 0.15) is 12.4 Å². The largest absolute Gasteiger partial charge is 0.493 e. The molecule has 1 atom stereocenters. The van der Waals surface area contributed by atoms with Crippen molar-refractivity contribution in [3.05, 3.63) is 110 Å². The molecule has 8 heteroatoms. The van der Waals surface area contributed by atoms with Gasteiger partial charge < -0.3 is 19.5 Å². The lowest BCUT2D eigenvalue weighted by molar-refractivity contribution is -0.138. The summed E-state index contributed by atoms with van der Waals surface area (Å²) in [7, 11) is 1.52. The number of hydrogen-bond acceptors (Lipinski definition) is 6. The minimum atomic E-state index is -0.693. The highest BCUT2D eigenvalue weighted by molar-refractivity contribution is 9.10. The Bertz CT molecular complexity index is 1510. The second-order valence-electron chi connectivity index (χ2n) is 8.93. The van der Waals surface area contributed by atoms with Gasteiger partial charge in [0.2, 0.25) is 0 Å². The van der Waals surface area contributed by atoms with Crippen LogP contribution in [0.4, 0.5) is 4.39 Å². The maximum atomic E-state index is 13.7. The number of carbonyl (C=O) groups excluding carboxylic acids is 2. The van der Waals surface area contributed by atoms with Crippen molar-refractivity contribution in [2.75, 3.05) is 13.7 Å². The summed E-state index contributed by atoms with van der Waals surface area (Å²) in [5.41, 5.74) is 4.98. The standard InChI is InChI=1S/C30H25BrFNO5/c1-4-37-30(35)24-16(2)33-27-20-7-5-6-8-21(20)28(34)26(27)25(24)18-13-22(31)29(23(14-18)36-3)38-15-17-9-11-19(32)12-10-17/h5-14,25,33H,4,15H2,1-3H3/t25-/m0/s1. The lowest BCUT2D eigenvalue weighted by Crippen LogP contribution is -2.29. The zero-order valence-electron chi connectivity index (χ0n) is 21.1. The molecule has 1 aliphatic heterocycles. The van der Waals surface area contributed by atoms with Gasteiger partial charge in [0.05, 0.1) is 29.5 Å². The van der Waals surface area contributed by atoms with Crippen LogP contribution < -0.4 is 14.8 Å². The molecule has 38 heavy (non-hydrogen) atoms. The minimum Gasteiger partial charge on any atom is -0.493 e. The van der Waals surface area contributed by atoms with Crippen molar-refractivity contribution in [3.8, 4) is 11.5 Å². The van der Waals surface area contributed by atoms with Crippen LogP contribution in [-0.2, 0) is 16.1 Å². The molecule has 2 aliphatic rings. The summed E-state index contributed by atoms with van der Waals surface area (Å²) in [6.45, 7) is 3.94. The van der Waals surface area contributed by atoms with E-state index in [-0.39, 0.29) is 24.8 Å². The molecule has 3 aromatic rings. The predicted molar refractivity (Wildman–Crippen MR) is 144 cm³/mol. The molecule has 0 spiro atoms. The first kappa shape index (κ1) is 25.7. The molecule has 0 saturated heterocycles. The van der Waals surface area contributed by atoms with Crippen LogP contribution in [0.3, 0.4) is 0 Å². The Labute approximate surface area is 228 Å². The van der Waals surface area contributed by atoms with E-state index in [0.29, 0.717) is 49.6 Å². The van der Waals surface area contributed by atoms with Crippen LogP contribution in [0, 0.1) is 5.82 Å². The van der Waals surface area contributed by atoms with Crippen molar-refractivity contribution in [1.29, 1.82) is 0 Å². The molecule has 5 rings (SSSR count). The number of benzene rings is 3. The quantitative estimate of drug-likeness (QED) is 0.332. The number of methoxy groups -OCH3 is 1. The van der Waals surface area contributed by atoms with E-state index < -0.39 is 11.9 Å². The Kier molecular flexibility index (Phi) is 7.08. The highest BCUT2D eigenvalue weighted by atomic mass is 79.9. The van der Waals surface area contributed by atoms with Crippen molar-refractivity contribution in [2.45, 2.75) is 26.4 Å². The van der Waals surface area contributed by atoms with Crippen LogP contribution in [0.15, 0.2) is 82.0 Å². The molecule has 0 saturated carbocycles. The zero-order chi connectivity index (χ0) is 27.0. The second kappa shape index (κ2) is 10.5. The first-order valence-electron chi connectivity index (χ1n) is 12.1. The van der Waals surface area contributed by atoms with E-state index in [1.165, 1.54) is 19.2 Å². The van der Waals surface area contributed by atoms with Gasteiger partial charge in [-0.25, -0.2) is 9.18 Å². The van der Waals surface area contributed by atoms with Gasteiger partial charge in [-0.05, 0) is 65.2 Å². The average Bonchev–Trinajstić information content (AvgIpc) is 3.19. The van der Waals surface area contributed by atoms with Gasteiger partial charge >= 0.3 is 5.97 Å². The number of carbonyl (C=O) groups is 2. The molecule has 6 nitrogen and oxygen atoms in total. The summed E-state index contributed by atoms with van der Waals surface area (Å²) in [4.78, 5) is 26.9. The molecule has 0 radical (unpaired) electrons. The second-order valence-corrected chi connectivity index (χ2v) is 9.78. The predicted octanol–water partition coefficient (Wildman–Crippen LogP) is 6.31. The number of ketones is 1. The number of Topliss-reactive ketones (excluding diaryl/α,β-unsaturated/α-hetero) is 1. The molecular weight excluding hydrogens is 553 g/mol. The topological polar surface area (TPSA) is 73.9 Å². The Morgan fingerprint density at radius 3 is 2.47 bits per heavy atom. The summed E-state index contributed by atoms with van der Waals surface area (Å²) in [5, 5.41) is 3.29. The summed E-state index contributed by atoms with van der Waals surface area (Å²) in [6, 6.07) is 17.0. The number of hydrogen-bond donors (Lipinski definition) is 1. The van der Waals surface area contributed by atoms with Gasteiger partial charge in [-0.3, -0.25) is 4.79 Å². The number of esters is 1. The van der Waals surface area contributed by atoms with Crippen LogP contribution in [0.5, 0.6) is 11.5 Å². The van der Waals surface area contributed by atoms with Crippen molar-refractivity contribution >= 4 is 33.4 Å². The smallest absolute Gasteiger partial charge is 0.336 e. The Morgan fingerprint density at radius 1 is 1.08 bits per heavy atom. The van der Waals surface area contributed by atoms with E-state index in [4.69, 9.17) is 14.2 Å². The minimum absolute atomic E-state index is 0.144. The third-order valence-electron chi connectivity index (χ3n) is 6.63. The van der Waals surface area contributed by atoms with E-state index in [2.05, 4.69) is 21.2 Å². The Hall–Kier alpha value is -3.91. The van der Waals surface area contributed by atoms with Crippen LogP contribution in [0.1, 0.15) is 46.8 Å². The van der Waals surface area contributed by atoms with Gasteiger partial charge in [-0.1, -0.05) is 36.4 Å². The SMILES string of the molecule is CCOC(=O)C1=C(C)NC2=C(C(=O)c3ccccc32)[C@H]1c1cc(Br)c(OCc2ccc(F)cc2)c(OC)c1. The van der Waals surface area contributed by atoms with Crippen LogP contribution >= 0.6 is 15.9 Å². The summed E-state index contributed by atoms with van der Waals surface area (Å²) in [6.07, 6.45) is 0. The van der Waals surface area contributed by atoms with Crippen LogP contribution in [-0.4, -0.2) is 25.5 Å². The van der Waals surface area contributed by atoms with E-state index in [0.717, 1.165) is 11.1 Å². The number of fused-ring (bicyclic) bond motifs is 2. The lowest BCUT2D eigenvalue weighted by Gasteiger charge is -2.30. The summed E-state index contributed by atoms with van der Waals surface area (Å²) < 4.78 is 31.0. The molecule has 0 amide bonds. The molecule has 1 aliphatic carbocycles. The van der Waals surface area contributed by atoms with Crippen molar-refractivity contribution in [1.82, 2.24) is 5.32 Å². The molecule has 194 valence electrons. The molecule has 1 N–H and O–H groups in total. The number of rotatable bonds is 7. The van der Waals surface area contributed by atoms with Gasteiger partial charge in [-0.2, -0.15) is 0 Å². The highest BCUT2D eigenvalue weighted by Gasteiger charge is 2.43. The summed E-state index contributed by atoms with van der Waals surface area (Å²) >= 11 is 3.60. The fraction of sp³-hybridized carbons (Fsp3) is 0.200. The van der Waals surface area contributed by atoms with E-state index >= 15 is 0 Å². The zero-order valence-corrected chi connectivity index (χ0v) is 22.6. The molecule has 3 aromatic carbocycles. The lowest BCUT2D eigenvalue weighted by atomic mass is 9.79. The number of allylic oxidation sites excluding steroid dienone is 2. The number of ether oxygens (including phenoxy) is 3. The molecule has 1 heterocycles. The first-order chi connectivity index (χ1) is 18.3. The molecular formula is C30H25BrFNO5. The van der Waals surface area contributed by atoms with E-state index in [1.54, 1.807) is 38.1 Å². The Balaban J connectivity index is 1.60. The number of nitrogens with one attached hydrogen (secondary N) is 1. The fourth-order valence-electron chi connectivity index (χ4n) is 4.92. The van der Waals surface area contributed by atoms with E-state index in [9.17, 15) is 14.0 Å². The van der Waals surface area contributed by atoms with Crippen molar-refractivity contribution in [2.24, 2.45) is 0 Å². The maximum absolute atomic E-state index is 13.7.